The number of nitrogens with one attached hydrogen (secondary N) is 1. The van der Waals surface area contributed by atoms with E-state index in [-0.39, 0.29) is 5.54 Å². The fourth-order valence-corrected chi connectivity index (χ4v) is 2.46. The summed E-state index contributed by atoms with van der Waals surface area (Å²) in [6, 6.07) is 3.24. The van der Waals surface area contributed by atoms with Crippen molar-refractivity contribution >= 4 is 0 Å². The second kappa shape index (κ2) is 4.53. The standard InChI is InChI=1S/C13H15F4N/c1-12(5-2-6-18-12)8-9-3-4-11(14)10(7-9)13(15,16)17/h3-4,7,18H,2,5-6,8H2,1H3/t12-/m1/s1. The predicted molar refractivity (Wildman–Crippen MR) is 60.7 cm³/mol. The number of benzene rings is 1. The Kier molecular flexibility index (Phi) is 3.36. The SMILES string of the molecule is C[C@]1(Cc2ccc(F)c(C(F)(F)F)c2)CCCN1. The summed E-state index contributed by atoms with van der Waals surface area (Å²) in [7, 11) is 0. The molecule has 2 rings (SSSR count). The fraction of sp³-hybridized carbons (Fsp3) is 0.538. The molecule has 1 fully saturated rings. The first-order chi connectivity index (χ1) is 8.30. The maximum absolute atomic E-state index is 13.1. The van der Waals surface area contributed by atoms with Gasteiger partial charge in [0.2, 0.25) is 0 Å². The van der Waals surface area contributed by atoms with Gasteiger partial charge in [0.1, 0.15) is 5.82 Å². The van der Waals surface area contributed by atoms with Crippen molar-refractivity contribution in [3.8, 4) is 0 Å². The molecule has 1 aromatic carbocycles. The van der Waals surface area contributed by atoms with Gasteiger partial charge >= 0.3 is 6.18 Å². The summed E-state index contributed by atoms with van der Waals surface area (Å²) < 4.78 is 50.9. The highest BCUT2D eigenvalue weighted by Crippen LogP contribution is 2.33. The summed E-state index contributed by atoms with van der Waals surface area (Å²) in [5, 5.41) is 3.28. The third-order valence-corrected chi connectivity index (χ3v) is 3.39. The number of rotatable bonds is 2. The van der Waals surface area contributed by atoms with Crippen molar-refractivity contribution in [1.82, 2.24) is 5.32 Å². The second-order valence-electron chi connectivity index (χ2n) is 5.08. The van der Waals surface area contributed by atoms with Gasteiger partial charge in [-0.2, -0.15) is 13.2 Å². The van der Waals surface area contributed by atoms with E-state index in [2.05, 4.69) is 5.32 Å². The van der Waals surface area contributed by atoms with Gasteiger partial charge in [-0.3, -0.25) is 0 Å². The van der Waals surface area contributed by atoms with Gasteiger partial charge in [-0.15, -0.1) is 0 Å². The molecule has 1 nitrogen and oxygen atoms in total. The molecule has 0 unspecified atom stereocenters. The maximum atomic E-state index is 13.1. The Morgan fingerprint density at radius 3 is 2.61 bits per heavy atom. The highest BCUT2D eigenvalue weighted by molar-refractivity contribution is 5.28. The van der Waals surface area contributed by atoms with Crippen LogP contribution in [-0.4, -0.2) is 12.1 Å². The van der Waals surface area contributed by atoms with E-state index in [0.717, 1.165) is 31.5 Å². The molecule has 5 heteroatoms. The van der Waals surface area contributed by atoms with Crippen LogP contribution in [0.4, 0.5) is 17.6 Å². The Morgan fingerprint density at radius 1 is 1.33 bits per heavy atom. The van der Waals surface area contributed by atoms with E-state index in [4.69, 9.17) is 0 Å². The van der Waals surface area contributed by atoms with Crippen molar-refractivity contribution in [2.24, 2.45) is 0 Å². The Morgan fingerprint density at radius 2 is 2.06 bits per heavy atom. The molecule has 0 spiro atoms. The van der Waals surface area contributed by atoms with Crippen LogP contribution in [0.3, 0.4) is 0 Å². The lowest BCUT2D eigenvalue weighted by atomic mass is 9.90. The molecule has 1 heterocycles. The van der Waals surface area contributed by atoms with Crippen LogP contribution in [0.2, 0.25) is 0 Å². The molecule has 18 heavy (non-hydrogen) atoms. The summed E-state index contributed by atoms with van der Waals surface area (Å²) in [5.41, 5.74) is -0.844. The van der Waals surface area contributed by atoms with Crippen LogP contribution in [0.15, 0.2) is 18.2 Å². The minimum absolute atomic E-state index is 0.180. The first kappa shape index (κ1) is 13.3. The van der Waals surface area contributed by atoms with Gasteiger partial charge in [0, 0.05) is 5.54 Å². The van der Waals surface area contributed by atoms with Gasteiger partial charge < -0.3 is 5.32 Å². The van der Waals surface area contributed by atoms with Crippen molar-refractivity contribution in [2.45, 2.75) is 37.9 Å². The van der Waals surface area contributed by atoms with E-state index in [1.807, 2.05) is 6.92 Å². The molecule has 0 aliphatic carbocycles. The molecular formula is C13H15F4N. The summed E-state index contributed by atoms with van der Waals surface area (Å²) in [5.74, 6) is -1.21. The Balaban J connectivity index is 2.25. The summed E-state index contributed by atoms with van der Waals surface area (Å²) in [4.78, 5) is 0. The fourth-order valence-electron chi connectivity index (χ4n) is 2.46. The van der Waals surface area contributed by atoms with E-state index in [1.54, 1.807) is 0 Å². The monoisotopic (exact) mass is 261 g/mol. The Bertz CT molecular complexity index is 433. The highest BCUT2D eigenvalue weighted by Gasteiger charge is 2.35. The minimum atomic E-state index is -4.63. The maximum Gasteiger partial charge on any atom is 0.419 e. The van der Waals surface area contributed by atoms with Gasteiger partial charge in [0.05, 0.1) is 5.56 Å². The average molecular weight is 261 g/mol. The zero-order chi connectivity index (χ0) is 13.4. The lowest BCUT2D eigenvalue weighted by Gasteiger charge is -2.24. The van der Waals surface area contributed by atoms with Gasteiger partial charge in [-0.05, 0) is 50.4 Å². The van der Waals surface area contributed by atoms with E-state index in [0.29, 0.717) is 12.0 Å². The molecule has 0 saturated carbocycles. The summed E-state index contributed by atoms with van der Waals surface area (Å²) in [6.45, 7) is 2.86. The van der Waals surface area contributed by atoms with E-state index >= 15 is 0 Å². The molecule has 100 valence electrons. The molecule has 1 N–H and O–H groups in total. The summed E-state index contributed by atoms with van der Waals surface area (Å²) in [6.07, 6.45) is -2.21. The van der Waals surface area contributed by atoms with Gasteiger partial charge in [-0.25, -0.2) is 4.39 Å². The molecular weight excluding hydrogens is 246 g/mol. The molecule has 0 radical (unpaired) electrons. The molecule has 1 aliphatic rings. The second-order valence-corrected chi connectivity index (χ2v) is 5.08. The quantitative estimate of drug-likeness (QED) is 0.803. The van der Waals surface area contributed by atoms with Crippen molar-refractivity contribution in [3.63, 3.8) is 0 Å². The van der Waals surface area contributed by atoms with Crippen LogP contribution in [-0.2, 0) is 12.6 Å². The molecule has 1 aliphatic heterocycles. The normalized spacial score (nSPS) is 24.5. The van der Waals surface area contributed by atoms with Crippen molar-refractivity contribution in [2.75, 3.05) is 6.54 Å². The number of hydrogen-bond acceptors (Lipinski definition) is 1. The van der Waals surface area contributed by atoms with Crippen LogP contribution in [0.25, 0.3) is 0 Å². The molecule has 0 bridgehead atoms. The minimum Gasteiger partial charge on any atom is -0.311 e. The Hall–Kier alpha value is -1.10. The molecule has 1 saturated heterocycles. The zero-order valence-electron chi connectivity index (χ0n) is 10.1. The lowest BCUT2D eigenvalue weighted by molar-refractivity contribution is -0.140. The van der Waals surface area contributed by atoms with Crippen LogP contribution < -0.4 is 5.32 Å². The van der Waals surface area contributed by atoms with Gasteiger partial charge in [-0.1, -0.05) is 6.07 Å². The first-order valence-electron chi connectivity index (χ1n) is 5.91. The van der Waals surface area contributed by atoms with Crippen molar-refractivity contribution in [3.05, 3.63) is 35.1 Å². The van der Waals surface area contributed by atoms with Crippen LogP contribution in [0.1, 0.15) is 30.9 Å². The van der Waals surface area contributed by atoms with E-state index in [9.17, 15) is 17.6 Å². The molecule has 0 amide bonds. The topological polar surface area (TPSA) is 12.0 Å². The third-order valence-electron chi connectivity index (χ3n) is 3.39. The zero-order valence-corrected chi connectivity index (χ0v) is 10.1. The predicted octanol–water partition coefficient (Wildman–Crippen LogP) is 3.53. The Labute approximate surface area is 103 Å². The van der Waals surface area contributed by atoms with Crippen LogP contribution in [0, 0.1) is 5.82 Å². The third kappa shape index (κ3) is 2.83. The van der Waals surface area contributed by atoms with E-state index < -0.39 is 17.6 Å². The largest absolute Gasteiger partial charge is 0.419 e. The van der Waals surface area contributed by atoms with Gasteiger partial charge in [0.25, 0.3) is 0 Å². The lowest BCUT2D eigenvalue weighted by Crippen LogP contribution is -2.38. The van der Waals surface area contributed by atoms with Crippen LogP contribution in [0.5, 0.6) is 0 Å². The smallest absolute Gasteiger partial charge is 0.311 e. The summed E-state index contributed by atoms with van der Waals surface area (Å²) >= 11 is 0. The van der Waals surface area contributed by atoms with E-state index in [1.165, 1.54) is 6.07 Å². The highest BCUT2D eigenvalue weighted by atomic mass is 19.4. The van der Waals surface area contributed by atoms with Crippen molar-refractivity contribution < 1.29 is 17.6 Å². The number of alkyl halides is 3. The molecule has 1 aromatic rings. The first-order valence-corrected chi connectivity index (χ1v) is 5.91. The number of halogens is 4. The molecule has 1 atom stereocenters. The average Bonchev–Trinajstić information content (AvgIpc) is 2.66. The van der Waals surface area contributed by atoms with Crippen molar-refractivity contribution in [1.29, 1.82) is 0 Å². The molecule has 0 aromatic heterocycles. The van der Waals surface area contributed by atoms with Gasteiger partial charge in [0.15, 0.2) is 0 Å². The van der Waals surface area contributed by atoms with Crippen LogP contribution >= 0.6 is 0 Å². The number of hydrogen-bond donors (Lipinski definition) is 1.